The monoisotopic (exact) mass is 371 g/mol. The molecule has 0 saturated heterocycles. The van der Waals surface area contributed by atoms with Crippen molar-refractivity contribution in [3.05, 3.63) is 63.6 Å². The Labute approximate surface area is 142 Å². The maximum absolute atomic E-state index is 12.1. The molecule has 0 heterocycles. The molecule has 23 heavy (non-hydrogen) atoms. The summed E-state index contributed by atoms with van der Waals surface area (Å²) in [5, 5.41) is 18.6. The maximum atomic E-state index is 12.1. The predicted octanol–water partition coefficient (Wildman–Crippen LogP) is 4.32. The van der Waals surface area contributed by atoms with E-state index < -0.39 is 0 Å². The lowest BCUT2D eigenvalue weighted by Crippen LogP contribution is -1.95. The SMILES string of the molecule is CCOc1cc(/C=C/C(=O)c2ccc(C#N)cc2)cc(Br)c1O. The number of carbonyl (C=O) groups excluding carboxylic acids is 1. The number of nitriles is 1. The molecule has 0 unspecified atom stereocenters. The average Bonchev–Trinajstić information content (AvgIpc) is 2.57. The van der Waals surface area contributed by atoms with Crippen LogP contribution in [0.2, 0.25) is 0 Å². The Morgan fingerprint density at radius 3 is 2.65 bits per heavy atom. The summed E-state index contributed by atoms with van der Waals surface area (Å²) < 4.78 is 5.84. The number of phenols is 1. The van der Waals surface area contributed by atoms with Crippen molar-refractivity contribution >= 4 is 27.8 Å². The van der Waals surface area contributed by atoms with Crippen molar-refractivity contribution in [2.24, 2.45) is 0 Å². The van der Waals surface area contributed by atoms with Gasteiger partial charge in [0.1, 0.15) is 0 Å². The zero-order chi connectivity index (χ0) is 16.8. The summed E-state index contributed by atoms with van der Waals surface area (Å²) in [4.78, 5) is 12.1. The summed E-state index contributed by atoms with van der Waals surface area (Å²) >= 11 is 3.26. The summed E-state index contributed by atoms with van der Waals surface area (Å²) in [6.07, 6.45) is 3.09. The zero-order valence-electron chi connectivity index (χ0n) is 12.4. The number of nitrogens with zero attached hydrogens (tertiary/aromatic N) is 1. The van der Waals surface area contributed by atoms with E-state index in [4.69, 9.17) is 10.00 Å². The van der Waals surface area contributed by atoms with Crippen molar-refractivity contribution in [1.82, 2.24) is 0 Å². The highest BCUT2D eigenvalue weighted by Gasteiger charge is 2.08. The number of hydrogen-bond acceptors (Lipinski definition) is 4. The van der Waals surface area contributed by atoms with Gasteiger partial charge < -0.3 is 9.84 Å². The minimum absolute atomic E-state index is 0.0300. The van der Waals surface area contributed by atoms with Gasteiger partial charge in [-0.25, -0.2) is 0 Å². The molecule has 0 bridgehead atoms. The van der Waals surface area contributed by atoms with Crippen LogP contribution in [-0.2, 0) is 0 Å². The fourth-order valence-electron chi connectivity index (χ4n) is 1.93. The molecule has 0 spiro atoms. The number of ketones is 1. The molecule has 0 saturated carbocycles. The molecule has 0 radical (unpaired) electrons. The first kappa shape index (κ1) is 16.8. The number of rotatable bonds is 5. The lowest BCUT2D eigenvalue weighted by atomic mass is 10.1. The molecule has 0 aliphatic carbocycles. The molecular formula is C18H14BrNO3. The first-order valence-electron chi connectivity index (χ1n) is 6.93. The number of phenolic OH excluding ortho intramolecular Hbond substituents is 1. The van der Waals surface area contributed by atoms with Crippen molar-refractivity contribution in [3.63, 3.8) is 0 Å². The van der Waals surface area contributed by atoms with Crippen LogP contribution in [0.15, 0.2) is 46.9 Å². The second-order valence-electron chi connectivity index (χ2n) is 4.67. The van der Waals surface area contributed by atoms with Crippen LogP contribution in [0.1, 0.15) is 28.4 Å². The van der Waals surface area contributed by atoms with Gasteiger partial charge in [-0.05, 0) is 70.9 Å². The van der Waals surface area contributed by atoms with Gasteiger partial charge in [0.05, 0.1) is 22.7 Å². The van der Waals surface area contributed by atoms with Crippen LogP contribution >= 0.6 is 15.9 Å². The summed E-state index contributed by atoms with van der Waals surface area (Å²) in [6.45, 7) is 2.25. The van der Waals surface area contributed by atoms with Crippen LogP contribution in [0.3, 0.4) is 0 Å². The fraction of sp³-hybridized carbons (Fsp3) is 0.111. The van der Waals surface area contributed by atoms with E-state index in [0.29, 0.717) is 28.0 Å². The van der Waals surface area contributed by atoms with E-state index in [1.165, 1.54) is 6.08 Å². The summed E-state index contributed by atoms with van der Waals surface area (Å²) in [6, 6.07) is 11.8. The smallest absolute Gasteiger partial charge is 0.185 e. The molecule has 5 heteroatoms. The normalized spacial score (nSPS) is 10.5. The van der Waals surface area contributed by atoms with Crippen molar-refractivity contribution in [2.45, 2.75) is 6.92 Å². The topological polar surface area (TPSA) is 70.3 Å². The number of benzene rings is 2. The Morgan fingerprint density at radius 1 is 1.35 bits per heavy atom. The molecule has 1 N–H and O–H groups in total. The fourth-order valence-corrected chi connectivity index (χ4v) is 2.39. The molecule has 0 aliphatic rings. The van der Waals surface area contributed by atoms with Crippen molar-refractivity contribution < 1.29 is 14.6 Å². The van der Waals surface area contributed by atoms with E-state index in [2.05, 4.69) is 15.9 Å². The second-order valence-corrected chi connectivity index (χ2v) is 5.52. The van der Waals surface area contributed by atoms with E-state index >= 15 is 0 Å². The number of halogens is 1. The number of aromatic hydroxyl groups is 1. The van der Waals surface area contributed by atoms with Gasteiger partial charge in [-0.1, -0.05) is 6.08 Å². The lowest BCUT2D eigenvalue weighted by Gasteiger charge is -2.08. The summed E-state index contributed by atoms with van der Waals surface area (Å²) in [5.41, 5.74) is 1.73. The molecule has 116 valence electrons. The number of carbonyl (C=O) groups is 1. The first-order chi connectivity index (χ1) is 11.0. The van der Waals surface area contributed by atoms with Crippen LogP contribution in [-0.4, -0.2) is 17.5 Å². The van der Waals surface area contributed by atoms with Gasteiger partial charge in [0.2, 0.25) is 0 Å². The Bertz CT molecular complexity index is 789. The maximum Gasteiger partial charge on any atom is 0.185 e. The molecular weight excluding hydrogens is 358 g/mol. The molecule has 4 nitrogen and oxygen atoms in total. The summed E-state index contributed by atoms with van der Waals surface area (Å²) in [7, 11) is 0. The largest absolute Gasteiger partial charge is 0.503 e. The van der Waals surface area contributed by atoms with E-state index in [0.717, 1.165) is 5.56 Å². The van der Waals surface area contributed by atoms with E-state index in [-0.39, 0.29) is 11.5 Å². The minimum Gasteiger partial charge on any atom is -0.503 e. The van der Waals surface area contributed by atoms with Gasteiger partial charge in [0.25, 0.3) is 0 Å². The van der Waals surface area contributed by atoms with Gasteiger partial charge in [0, 0.05) is 5.56 Å². The molecule has 0 amide bonds. The van der Waals surface area contributed by atoms with Crippen molar-refractivity contribution in [1.29, 1.82) is 5.26 Å². The standard InChI is InChI=1S/C18H14BrNO3/c1-2-23-17-10-13(9-15(19)18(17)22)5-8-16(21)14-6-3-12(11-20)4-7-14/h3-10,22H,2H2,1H3/b8-5+. The third kappa shape index (κ3) is 4.21. The highest BCUT2D eigenvalue weighted by atomic mass is 79.9. The van der Waals surface area contributed by atoms with Crippen LogP contribution < -0.4 is 4.74 Å². The molecule has 0 atom stereocenters. The van der Waals surface area contributed by atoms with Crippen LogP contribution in [0.25, 0.3) is 6.08 Å². The highest BCUT2D eigenvalue weighted by molar-refractivity contribution is 9.10. The van der Waals surface area contributed by atoms with Crippen LogP contribution in [0.4, 0.5) is 0 Å². The molecule has 2 aromatic carbocycles. The van der Waals surface area contributed by atoms with Gasteiger partial charge in [0.15, 0.2) is 17.3 Å². The first-order valence-corrected chi connectivity index (χ1v) is 7.72. The molecule has 2 aromatic rings. The Morgan fingerprint density at radius 2 is 2.04 bits per heavy atom. The summed E-state index contributed by atoms with van der Waals surface area (Å²) in [5.74, 6) is 0.214. The molecule has 0 aromatic heterocycles. The Balaban J connectivity index is 2.22. The number of hydrogen-bond donors (Lipinski definition) is 1. The number of allylic oxidation sites excluding steroid dienone is 1. The van der Waals surface area contributed by atoms with Crippen molar-refractivity contribution in [2.75, 3.05) is 6.61 Å². The van der Waals surface area contributed by atoms with Crippen LogP contribution in [0.5, 0.6) is 11.5 Å². The van der Waals surface area contributed by atoms with Gasteiger partial charge in [-0.3, -0.25) is 4.79 Å². The highest BCUT2D eigenvalue weighted by Crippen LogP contribution is 2.35. The molecule has 0 fully saturated rings. The molecule has 2 rings (SSSR count). The predicted molar refractivity (Wildman–Crippen MR) is 91.5 cm³/mol. The van der Waals surface area contributed by atoms with Gasteiger partial charge in [-0.15, -0.1) is 0 Å². The lowest BCUT2D eigenvalue weighted by molar-refractivity contribution is 0.104. The average molecular weight is 372 g/mol. The third-order valence-corrected chi connectivity index (χ3v) is 3.68. The van der Waals surface area contributed by atoms with Gasteiger partial charge >= 0.3 is 0 Å². The minimum atomic E-state index is -0.170. The van der Waals surface area contributed by atoms with E-state index in [1.54, 1.807) is 42.5 Å². The Hall–Kier alpha value is -2.58. The third-order valence-electron chi connectivity index (χ3n) is 3.08. The quantitative estimate of drug-likeness (QED) is 0.627. The second kappa shape index (κ2) is 7.61. The van der Waals surface area contributed by atoms with Crippen molar-refractivity contribution in [3.8, 4) is 17.6 Å². The zero-order valence-corrected chi connectivity index (χ0v) is 14.0. The van der Waals surface area contributed by atoms with E-state index in [9.17, 15) is 9.90 Å². The van der Waals surface area contributed by atoms with Crippen LogP contribution in [0, 0.1) is 11.3 Å². The van der Waals surface area contributed by atoms with E-state index in [1.807, 2.05) is 13.0 Å². The number of ether oxygens (including phenoxy) is 1. The molecule has 0 aliphatic heterocycles. The Kier molecular flexibility index (Phi) is 5.56. The van der Waals surface area contributed by atoms with Gasteiger partial charge in [-0.2, -0.15) is 5.26 Å².